The highest BCUT2D eigenvalue weighted by Crippen LogP contribution is 2.33. The number of amides is 1. The first kappa shape index (κ1) is 15.3. The molecule has 1 aromatic rings. The Balaban J connectivity index is 2.25. The van der Waals surface area contributed by atoms with Crippen LogP contribution in [0.4, 0.5) is 4.79 Å². The zero-order valence-corrected chi connectivity index (χ0v) is 12.5. The Hall–Kier alpha value is -2.05. The molecule has 7 nitrogen and oxygen atoms in total. The standard InChI is InChI=1S/C14H20N2O5/c1-14(2,3)21-13(19)16-7-5-4-6-10(16)11-9(12(17)18)8-20-15-11/h8,10H,4-7H2,1-3H3,(H,17,18)/t10-/m1/s1. The number of carboxylic acids is 1. The van der Waals surface area contributed by atoms with E-state index in [1.165, 1.54) is 0 Å². The van der Waals surface area contributed by atoms with E-state index in [0.717, 1.165) is 19.1 Å². The molecule has 1 aliphatic rings. The molecule has 1 amide bonds. The van der Waals surface area contributed by atoms with Crippen molar-refractivity contribution in [2.75, 3.05) is 6.54 Å². The van der Waals surface area contributed by atoms with Crippen molar-refractivity contribution >= 4 is 12.1 Å². The molecule has 0 unspecified atom stereocenters. The maximum Gasteiger partial charge on any atom is 0.410 e. The molecular weight excluding hydrogens is 276 g/mol. The molecule has 0 aliphatic carbocycles. The Labute approximate surface area is 122 Å². The average molecular weight is 296 g/mol. The quantitative estimate of drug-likeness (QED) is 0.902. The number of rotatable bonds is 2. The van der Waals surface area contributed by atoms with Gasteiger partial charge < -0.3 is 14.4 Å². The van der Waals surface area contributed by atoms with Gasteiger partial charge in [0.1, 0.15) is 23.1 Å². The number of carboxylic acid groups (broad SMARTS) is 1. The van der Waals surface area contributed by atoms with Gasteiger partial charge in [0.15, 0.2) is 0 Å². The lowest BCUT2D eigenvalue weighted by atomic mass is 9.97. The number of hydrogen-bond acceptors (Lipinski definition) is 5. The van der Waals surface area contributed by atoms with Crippen molar-refractivity contribution in [2.45, 2.75) is 51.7 Å². The first-order valence-electron chi connectivity index (χ1n) is 6.97. The summed E-state index contributed by atoms with van der Waals surface area (Å²) in [5.74, 6) is -1.11. The van der Waals surface area contributed by atoms with Gasteiger partial charge in [0.05, 0.1) is 6.04 Å². The van der Waals surface area contributed by atoms with Crippen molar-refractivity contribution < 1.29 is 24.0 Å². The van der Waals surface area contributed by atoms with Gasteiger partial charge in [-0.15, -0.1) is 0 Å². The summed E-state index contributed by atoms with van der Waals surface area (Å²) in [5.41, 5.74) is -0.318. The number of hydrogen-bond donors (Lipinski definition) is 1. The van der Waals surface area contributed by atoms with Gasteiger partial charge in [-0.05, 0) is 40.0 Å². The maximum atomic E-state index is 12.3. The van der Waals surface area contributed by atoms with Crippen LogP contribution in [0.3, 0.4) is 0 Å². The zero-order chi connectivity index (χ0) is 15.6. The fourth-order valence-corrected chi connectivity index (χ4v) is 2.40. The molecule has 21 heavy (non-hydrogen) atoms. The minimum absolute atomic E-state index is 0.00420. The van der Waals surface area contributed by atoms with Crippen LogP contribution in [0.15, 0.2) is 10.8 Å². The topological polar surface area (TPSA) is 92.9 Å². The van der Waals surface area contributed by atoms with Crippen molar-refractivity contribution in [1.82, 2.24) is 10.1 Å². The van der Waals surface area contributed by atoms with Crippen LogP contribution in [-0.4, -0.2) is 39.4 Å². The lowest BCUT2D eigenvalue weighted by Gasteiger charge is -2.35. The normalized spacial score (nSPS) is 19.4. The predicted molar refractivity (Wildman–Crippen MR) is 73.0 cm³/mol. The van der Waals surface area contributed by atoms with E-state index in [0.29, 0.717) is 13.0 Å². The molecule has 116 valence electrons. The summed E-state index contributed by atoms with van der Waals surface area (Å²) in [6, 6.07) is -0.418. The van der Waals surface area contributed by atoms with Crippen molar-refractivity contribution in [3.63, 3.8) is 0 Å². The molecule has 1 fully saturated rings. The second-order valence-corrected chi connectivity index (χ2v) is 6.10. The van der Waals surface area contributed by atoms with Crippen molar-refractivity contribution in [2.24, 2.45) is 0 Å². The Morgan fingerprint density at radius 3 is 2.76 bits per heavy atom. The van der Waals surface area contributed by atoms with Crippen molar-refractivity contribution in [3.05, 3.63) is 17.5 Å². The Kier molecular flexibility index (Phi) is 4.20. The molecule has 1 N–H and O–H groups in total. The van der Waals surface area contributed by atoms with E-state index < -0.39 is 23.7 Å². The number of nitrogens with zero attached hydrogens (tertiary/aromatic N) is 2. The van der Waals surface area contributed by atoms with Crippen LogP contribution in [0.1, 0.15) is 62.1 Å². The van der Waals surface area contributed by atoms with Gasteiger partial charge in [0.2, 0.25) is 0 Å². The molecule has 1 saturated heterocycles. The third-order valence-electron chi connectivity index (χ3n) is 3.27. The molecule has 2 heterocycles. The minimum atomic E-state index is -1.11. The monoisotopic (exact) mass is 296 g/mol. The van der Waals surface area contributed by atoms with Gasteiger partial charge in [-0.1, -0.05) is 5.16 Å². The number of aromatic carboxylic acids is 1. The molecule has 7 heteroatoms. The second kappa shape index (κ2) is 5.75. The molecule has 1 atom stereocenters. The van der Waals surface area contributed by atoms with Gasteiger partial charge in [-0.2, -0.15) is 0 Å². The van der Waals surface area contributed by atoms with Crippen LogP contribution >= 0.6 is 0 Å². The second-order valence-electron chi connectivity index (χ2n) is 6.10. The van der Waals surface area contributed by atoms with Crippen LogP contribution in [0, 0.1) is 0 Å². The van der Waals surface area contributed by atoms with E-state index in [2.05, 4.69) is 5.16 Å². The fraction of sp³-hybridized carbons (Fsp3) is 0.643. The lowest BCUT2D eigenvalue weighted by molar-refractivity contribution is 0.00841. The zero-order valence-electron chi connectivity index (χ0n) is 12.5. The Morgan fingerprint density at radius 1 is 1.43 bits per heavy atom. The van der Waals surface area contributed by atoms with Gasteiger partial charge in [0, 0.05) is 6.54 Å². The maximum absolute atomic E-state index is 12.3. The third-order valence-corrected chi connectivity index (χ3v) is 3.27. The van der Waals surface area contributed by atoms with E-state index in [9.17, 15) is 9.59 Å². The summed E-state index contributed by atoms with van der Waals surface area (Å²) in [6.07, 6.45) is 3.05. The smallest absolute Gasteiger partial charge is 0.410 e. The van der Waals surface area contributed by atoms with Crippen LogP contribution in [0.5, 0.6) is 0 Å². The number of ether oxygens (including phenoxy) is 1. The molecule has 1 aromatic heterocycles. The van der Waals surface area contributed by atoms with E-state index in [1.807, 2.05) is 0 Å². The molecule has 0 bridgehead atoms. The highest BCUT2D eigenvalue weighted by atomic mass is 16.6. The SMILES string of the molecule is CC(C)(C)OC(=O)N1CCCC[C@@H]1c1nocc1C(=O)O. The average Bonchev–Trinajstić information content (AvgIpc) is 2.85. The van der Waals surface area contributed by atoms with Crippen LogP contribution in [0.2, 0.25) is 0 Å². The largest absolute Gasteiger partial charge is 0.478 e. The summed E-state index contributed by atoms with van der Waals surface area (Å²) in [5, 5.41) is 12.9. The molecule has 0 aromatic carbocycles. The minimum Gasteiger partial charge on any atom is -0.478 e. The number of piperidine rings is 1. The highest BCUT2D eigenvalue weighted by Gasteiger charge is 2.35. The van der Waals surface area contributed by atoms with Crippen molar-refractivity contribution in [1.29, 1.82) is 0 Å². The highest BCUT2D eigenvalue weighted by molar-refractivity contribution is 5.88. The lowest BCUT2D eigenvalue weighted by Crippen LogP contribution is -2.42. The molecule has 0 saturated carbocycles. The van der Waals surface area contributed by atoms with Crippen molar-refractivity contribution in [3.8, 4) is 0 Å². The predicted octanol–water partition coefficient (Wildman–Crippen LogP) is 2.83. The molecule has 0 spiro atoms. The summed E-state index contributed by atoms with van der Waals surface area (Å²) in [6.45, 7) is 5.90. The van der Waals surface area contributed by atoms with Crippen LogP contribution in [-0.2, 0) is 4.74 Å². The number of aromatic nitrogens is 1. The van der Waals surface area contributed by atoms with E-state index >= 15 is 0 Å². The van der Waals surface area contributed by atoms with Gasteiger partial charge in [-0.25, -0.2) is 9.59 Å². The molecule has 0 radical (unpaired) electrons. The number of carbonyl (C=O) groups excluding carboxylic acids is 1. The Bertz CT molecular complexity index is 532. The summed E-state index contributed by atoms with van der Waals surface area (Å²) in [4.78, 5) is 25.0. The summed E-state index contributed by atoms with van der Waals surface area (Å²) >= 11 is 0. The van der Waals surface area contributed by atoms with E-state index in [4.69, 9.17) is 14.4 Å². The van der Waals surface area contributed by atoms with Gasteiger partial charge >= 0.3 is 12.1 Å². The fourth-order valence-electron chi connectivity index (χ4n) is 2.40. The Morgan fingerprint density at radius 2 is 2.14 bits per heavy atom. The molecule has 1 aliphatic heterocycles. The van der Waals surface area contributed by atoms with Gasteiger partial charge in [-0.3, -0.25) is 4.90 Å². The van der Waals surface area contributed by atoms with Crippen LogP contribution < -0.4 is 0 Å². The number of carbonyl (C=O) groups is 2. The first-order chi connectivity index (χ1) is 9.79. The van der Waals surface area contributed by atoms with E-state index in [-0.39, 0.29) is 11.3 Å². The van der Waals surface area contributed by atoms with Crippen LogP contribution in [0.25, 0.3) is 0 Å². The molecular formula is C14H20N2O5. The summed E-state index contributed by atoms with van der Waals surface area (Å²) < 4.78 is 10.2. The first-order valence-corrected chi connectivity index (χ1v) is 6.97. The third kappa shape index (κ3) is 3.53. The number of likely N-dealkylation sites (tertiary alicyclic amines) is 1. The van der Waals surface area contributed by atoms with Gasteiger partial charge in [0.25, 0.3) is 0 Å². The van der Waals surface area contributed by atoms with E-state index in [1.54, 1.807) is 25.7 Å². The summed E-state index contributed by atoms with van der Waals surface area (Å²) in [7, 11) is 0. The molecule has 2 rings (SSSR count).